The van der Waals surface area contributed by atoms with Crippen molar-refractivity contribution in [2.75, 3.05) is 0 Å². The summed E-state index contributed by atoms with van der Waals surface area (Å²) >= 11 is 5.77. The summed E-state index contributed by atoms with van der Waals surface area (Å²) in [5, 5.41) is 0.277. The number of nitrogens with two attached hydrogens (primary N) is 1. The Kier molecular flexibility index (Phi) is 3.68. The monoisotopic (exact) mass is 227 g/mol. The molecule has 1 aromatic carbocycles. The molecule has 1 atom stereocenters. The number of aldehydes is 1. The average molecular weight is 228 g/mol. The zero-order valence-corrected chi connectivity index (χ0v) is 8.82. The molecule has 0 radical (unpaired) electrons. The van der Waals surface area contributed by atoms with E-state index in [1.54, 1.807) is 18.2 Å². The lowest BCUT2D eigenvalue weighted by Crippen LogP contribution is -2.30. The predicted octanol–water partition coefficient (Wildman–Crippen LogP) is 1.41. The molecule has 1 aromatic rings. The van der Waals surface area contributed by atoms with Crippen molar-refractivity contribution in [3.05, 3.63) is 28.8 Å². The molecule has 1 unspecified atom stereocenters. The summed E-state index contributed by atoms with van der Waals surface area (Å²) in [7, 11) is 0. The van der Waals surface area contributed by atoms with E-state index in [1.165, 1.54) is 6.92 Å². The Hall–Kier alpha value is -1.55. The maximum atomic E-state index is 10.8. The van der Waals surface area contributed by atoms with E-state index < -0.39 is 12.0 Å². The van der Waals surface area contributed by atoms with E-state index in [0.717, 1.165) is 0 Å². The molecule has 1 amide bonds. The highest BCUT2D eigenvalue weighted by Crippen LogP contribution is 2.25. The normalized spacial score (nSPS) is 11.9. The van der Waals surface area contributed by atoms with Crippen molar-refractivity contribution in [1.29, 1.82) is 0 Å². The molecular formula is C10H10ClNO3. The van der Waals surface area contributed by atoms with E-state index in [4.69, 9.17) is 22.1 Å². The lowest BCUT2D eigenvalue weighted by atomic mass is 10.2. The highest BCUT2D eigenvalue weighted by Gasteiger charge is 2.14. The van der Waals surface area contributed by atoms with E-state index in [2.05, 4.69) is 0 Å². The van der Waals surface area contributed by atoms with Crippen LogP contribution in [0, 0.1) is 0 Å². The molecular weight excluding hydrogens is 218 g/mol. The lowest BCUT2D eigenvalue weighted by Gasteiger charge is -2.13. The summed E-state index contributed by atoms with van der Waals surface area (Å²) in [5.41, 5.74) is 5.24. The van der Waals surface area contributed by atoms with Gasteiger partial charge in [-0.15, -0.1) is 0 Å². The van der Waals surface area contributed by atoms with Crippen LogP contribution in [0.2, 0.25) is 5.02 Å². The van der Waals surface area contributed by atoms with E-state index in [-0.39, 0.29) is 16.3 Å². The largest absolute Gasteiger partial charge is 0.480 e. The number of hydrogen-bond acceptors (Lipinski definition) is 3. The van der Waals surface area contributed by atoms with Gasteiger partial charge in [0, 0.05) is 0 Å². The van der Waals surface area contributed by atoms with Crippen LogP contribution in [-0.2, 0) is 4.79 Å². The van der Waals surface area contributed by atoms with Crippen molar-refractivity contribution in [2.24, 2.45) is 5.73 Å². The SMILES string of the molecule is CC(Oc1cccc(Cl)c1C=O)C(N)=O. The zero-order valence-electron chi connectivity index (χ0n) is 8.07. The Morgan fingerprint density at radius 3 is 2.80 bits per heavy atom. The smallest absolute Gasteiger partial charge is 0.258 e. The molecule has 0 aliphatic heterocycles. The van der Waals surface area contributed by atoms with Crippen molar-refractivity contribution in [3.63, 3.8) is 0 Å². The van der Waals surface area contributed by atoms with Gasteiger partial charge in [-0.1, -0.05) is 17.7 Å². The zero-order chi connectivity index (χ0) is 11.4. The lowest BCUT2D eigenvalue weighted by molar-refractivity contribution is -0.123. The van der Waals surface area contributed by atoms with Gasteiger partial charge in [0.05, 0.1) is 10.6 Å². The second-order valence-corrected chi connectivity index (χ2v) is 3.34. The third kappa shape index (κ3) is 2.70. The minimum atomic E-state index is -0.804. The molecule has 0 spiro atoms. The van der Waals surface area contributed by atoms with Gasteiger partial charge in [-0.05, 0) is 19.1 Å². The van der Waals surface area contributed by atoms with Gasteiger partial charge in [0.25, 0.3) is 5.91 Å². The van der Waals surface area contributed by atoms with Gasteiger partial charge >= 0.3 is 0 Å². The van der Waals surface area contributed by atoms with Crippen LogP contribution in [-0.4, -0.2) is 18.3 Å². The second-order valence-electron chi connectivity index (χ2n) is 2.93. The number of primary amides is 1. The summed E-state index contributed by atoms with van der Waals surface area (Å²) in [5.74, 6) is -0.351. The third-order valence-electron chi connectivity index (χ3n) is 1.84. The molecule has 4 nitrogen and oxygen atoms in total. The number of carbonyl (C=O) groups is 2. The maximum absolute atomic E-state index is 10.8. The van der Waals surface area contributed by atoms with E-state index >= 15 is 0 Å². The summed E-state index contributed by atoms with van der Waals surface area (Å²) in [6.45, 7) is 1.50. The summed E-state index contributed by atoms with van der Waals surface area (Å²) < 4.78 is 5.19. The minimum absolute atomic E-state index is 0.215. The molecule has 0 aliphatic rings. The molecule has 0 saturated heterocycles. The van der Waals surface area contributed by atoms with Crippen molar-refractivity contribution in [3.8, 4) is 5.75 Å². The van der Waals surface area contributed by atoms with Gasteiger partial charge in [0.1, 0.15) is 5.75 Å². The molecule has 1 rings (SSSR count). The van der Waals surface area contributed by atoms with Gasteiger partial charge in [-0.3, -0.25) is 9.59 Å². The Labute approximate surface area is 92.0 Å². The van der Waals surface area contributed by atoms with Crippen LogP contribution >= 0.6 is 11.6 Å². The Morgan fingerprint density at radius 2 is 2.27 bits per heavy atom. The highest BCUT2D eigenvalue weighted by molar-refractivity contribution is 6.33. The molecule has 0 saturated carbocycles. The van der Waals surface area contributed by atoms with E-state index in [0.29, 0.717) is 6.29 Å². The van der Waals surface area contributed by atoms with Gasteiger partial charge < -0.3 is 10.5 Å². The number of amides is 1. The van der Waals surface area contributed by atoms with Crippen LogP contribution in [0.25, 0.3) is 0 Å². The first-order chi connectivity index (χ1) is 7.06. The fourth-order valence-corrected chi connectivity index (χ4v) is 1.19. The average Bonchev–Trinajstić information content (AvgIpc) is 2.18. The number of rotatable bonds is 4. The topological polar surface area (TPSA) is 69.4 Å². The summed E-state index contributed by atoms with van der Waals surface area (Å²) in [6.07, 6.45) is -0.229. The third-order valence-corrected chi connectivity index (χ3v) is 2.16. The molecule has 0 bridgehead atoms. The van der Waals surface area contributed by atoms with Crippen molar-refractivity contribution in [2.45, 2.75) is 13.0 Å². The van der Waals surface area contributed by atoms with Crippen molar-refractivity contribution >= 4 is 23.8 Å². The van der Waals surface area contributed by atoms with Gasteiger partial charge in [0.2, 0.25) is 0 Å². The predicted molar refractivity (Wildman–Crippen MR) is 56.1 cm³/mol. The maximum Gasteiger partial charge on any atom is 0.258 e. The highest BCUT2D eigenvalue weighted by atomic mass is 35.5. The van der Waals surface area contributed by atoms with Crippen LogP contribution in [0.5, 0.6) is 5.75 Å². The van der Waals surface area contributed by atoms with Gasteiger partial charge in [-0.2, -0.15) is 0 Å². The number of ether oxygens (including phenoxy) is 1. The van der Waals surface area contributed by atoms with Crippen molar-refractivity contribution in [1.82, 2.24) is 0 Å². The first-order valence-corrected chi connectivity index (χ1v) is 4.63. The van der Waals surface area contributed by atoms with Gasteiger partial charge in [0.15, 0.2) is 12.4 Å². The van der Waals surface area contributed by atoms with E-state index in [9.17, 15) is 9.59 Å². The molecule has 15 heavy (non-hydrogen) atoms. The quantitative estimate of drug-likeness (QED) is 0.791. The molecule has 0 aliphatic carbocycles. The van der Waals surface area contributed by atoms with Crippen LogP contribution in [0.1, 0.15) is 17.3 Å². The summed E-state index contributed by atoms with van der Waals surface area (Å²) in [4.78, 5) is 21.5. The first-order valence-electron chi connectivity index (χ1n) is 4.26. The Morgan fingerprint density at radius 1 is 1.60 bits per heavy atom. The van der Waals surface area contributed by atoms with Crippen LogP contribution in [0.3, 0.4) is 0 Å². The number of hydrogen-bond donors (Lipinski definition) is 1. The Bertz CT molecular complexity index is 392. The van der Waals surface area contributed by atoms with Crippen molar-refractivity contribution < 1.29 is 14.3 Å². The second kappa shape index (κ2) is 4.79. The molecule has 0 fully saturated rings. The Balaban J connectivity index is 2.99. The standard InChI is InChI=1S/C10H10ClNO3/c1-6(10(12)14)15-9-4-2-3-8(11)7(9)5-13/h2-6H,1H3,(H2,12,14). The first kappa shape index (κ1) is 11.5. The van der Waals surface area contributed by atoms with Crippen LogP contribution < -0.4 is 10.5 Å². The fraction of sp³-hybridized carbons (Fsp3) is 0.200. The molecule has 2 N–H and O–H groups in total. The van der Waals surface area contributed by atoms with Crippen LogP contribution in [0.15, 0.2) is 18.2 Å². The summed E-state index contributed by atoms with van der Waals surface area (Å²) in [6, 6.07) is 4.74. The molecule has 0 heterocycles. The number of halogens is 1. The number of benzene rings is 1. The molecule has 80 valence electrons. The van der Waals surface area contributed by atoms with Crippen LogP contribution in [0.4, 0.5) is 0 Å². The molecule has 5 heteroatoms. The molecule has 0 aromatic heterocycles. The number of carbonyl (C=O) groups excluding carboxylic acids is 2. The van der Waals surface area contributed by atoms with E-state index in [1.807, 2.05) is 0 Å². The van der Waals surface area contributed by atoms with Gasteiger partial charge in [-0.25, -0.2) is 0 Å². The fourth-order valence-electron chi connectivity index (χ4n) is 0.983. The minimum Gasteiger partial charge on any atom is -0.480 e.